The first kappa shape index (κ1) is 16.5. The Kier molecular flexibility index (Phi) is 7.25. The first-order valence-electron chi connectivity index (χ1n) is 8.65. The highest BCUT2D eigenvalue weighted by Gasteiger charge is 2.18. The molecule has 0 spiro atoms. The fourth-order valence-corrected chi connectivity index (χ4v) is 3.23. The van der Waals surface area contributed by atoms with Crippen LogP contribution < -0.4 is 5.32 Å². The molecule has 1 aromatic rings. The van der Waals surface area contributed by atoms with E-state index in [9.17, 15) is 0 Å². The van der Waals surface area contributed by atoms with Gasteiger partial charge in [0.15, 0.2) is 0 Å². The molecule has 118 valence electrons. The summed E-state index contributed by atoms with van der Waals surface area (Å²) < 4.78 is 5.78. The van der Waals surface area contributed by atoms with Crippen molar-refractivity contribution in [1.29, 1.82) is 0 Å². The maximum absolute atomic E-state index is 5.78. The Hall–Kier alpha value is -0.860. The predicted octanol–water partition coefficient (Wildman–Crippen LogP) is 4.11. The highest BCUT2D eigenvalue weighted by molar-refractivity contribution is 5.22. The molecule has 1 aliphatic heterocycles. The fraction of sp³-hybridized carbons (Fsp3) is 0.684. The highest BCUT2D eigenvalue weighted by Crippen LogP contribution is 2.22. The molecule has 2 unspecified atom stereocenters. The molecule has 2 atom stereocenters. The van der Waals surface area contributed by atoms with E-state index in [-0.39, 0.29) is 0 Å². The van der Waals surface area contributed by atoms with Crippen LogP contribution in [-0.2, 0) is 11.2 Å². The second kappa shape index (κ2) is 9.22. The Bertz CT molecular complexity index is 398. The summed E-state index contributed by atoms with van der Waals surface area (Å²) in [6.45, 7) is 7.65. The lowest BCUT2D eigenvalue weighted by Crippen LogP contribution is -2.26. The maximum atomic E-state index is 5.78. The second-order valence-electron chi connectivity index (χ2n) is 6.48. The van der Waals surface area contributed by atoms with Crippen LogP contribution >= 0.6 is 0 Å². The smallest absolute Gasteiger partial charge is 0.0576 e. The average molecular weight is 289 g/mol. The Morgan fingerprint density at radius 3 is 3.00 bits per heavy atom. The van der Waals surface area contributed by atoms with Crippen LogP contribution in [0.15, 0.2) is 24.3 Å². The van der Waals surface area contributed by atoms with Crippen molar-refractivity contribution >= 4 is 0 Å². The largest absolute Gasteiger partial charge is 0.378 e. The minimum Gasteiger partial charge on any atom is -0.378 e. The van der Waals surface area contributed by atoms with Crippen LogP contribution in [0, 0.1) is 12.8 Å². The number of benzene rings is 1. The van der Waals surface area contributed by atoms with Crippen molar-refractivity contribution in [3.05, 3.63) is 35.4 Å². The van der Waals surface area contributed by atoms with E-state index in [1.165, 1.54) is 49.7 Å². The summed E-state index contributed by atoms with van der Waals surface area (Å²) in [6, 6.07) is 8.96. The SMILES string of the molecule is CCCNCC(CCC1CCCO1)Cc1cccc(C)c1. The summed E-state index contributed by atoms with van der Waals surface area (Å²) in [6.07, 6.45) is 7.94. The topological polar surface area (TPSA) is 21.3 Å². The molecule has 2 heteroatoms. The number of ether oxygens (including phenoxy) is 1. The van der Waals surface area contributed by atoms with E-state index in [0.29, 0.717) is 6.10 Å². The third-order valence-electron chi connectivity index (χ3n) is 4.39. The Morgan fingerprint density at radius 1 is 1.38 bits per heavy atom. The van der Waals surface area contributed by atoms with Crippen molar-refractivity contribution in [2.24, 2.45) is 5.92 Å². The third-order valence-corrected chi connectivity index (χ3v) is 4.39. The monoisotopic (exact) mass is 289 g/mol. The lowest BCUT2D eigenvalue weighted by atomic mass is 9.92. The second-order valence-corrected chi connectivity index (χ2v) is 6.48. The van der Waals surface area contributed by atoms with Gasteiger partial charge in [0.1, 0.15) is 0 Å². The molecule has 21 heavy (non-hydrogen) atoms. The molecule has 2 rings (SSSR count). The predicted molar refractivity (Wildman–Crippen MR) is 89.7 cm³/mol. The number of hydrogen-bond donors (Lipinski definition) is 1. The van der Waals surface area contributed by atoms with Crippen molar-refractivity contribution in [2.45, 2.75) is 58.5 Å². The quantitative estimate of drug-likeness (QED) is 0.691. The number of aryl methyl sites for hydroxylation is 1. The maximum Gasteiger partial charge on any atom is 0.0576 e. The summed E-state index contributed by atoms with van der Waals surface area (Å²) in [4.78, 5) is 0. The molecular weight excluding hydrogens is 258 g/mol. The average Bonchev–Trinajstić information content (AvgIpc) is 2.98. The fourth-order valence-electron chi connectivity index (χ4n) is 3.23. The van der Waals surface area contributed by atoms with Gasteiger partial charge in [-0.25, -0.2) is 0 Å². The zero-order valence-corrected chi connectivity index (χ0v) is 13.7. The molecule has 1 heterocycles. The molecule has 0 saturated carbocycles. The van der Waals surface area contributed by atoms with Crippen molar-refractivity contribution in [3.63, 3.8) is 0 Å². The molecule has 1 N–H and O–H groups in total. The molecule has 1 saturated heterocycles. The van der Waals surface area contributed by atoms with Crippen molar-refractivity contribution in [1.82, 2.24) is 5.32 Å². The van der Waals surface area contributed by atoms with Crippen molar-refractivity contribution < 1.29 is 4.74 Å². The third kappa shape index (κ3) is 6.19. The van der Waals surface area contributed by atoms with E-state index in [1.807, 2.05) is 0 Å². The summed E-state index contributed by atoms with van der Waals surface area (Å²) in [5, 5.41) is 3.60. The molecule has 0 amide bonds. The minimum atomic E-state index is 0.524. The summed E-state index contributed by atoms with van der Waals surface area (Å²) in [5.41, 5.74) is 2.84. The number of nitrogens with one attached hydrogen (secondary N) is 1. The van der Waals surface area contributed by atoms with Gasteiger partial charge in [0, 0.05) is 6.61 Å². The number of hydrogen-bond acceptors (Lipinski definition) is 2. The van der Waals surface area contributed by atoms with Crippen LogP contribution in [0.25, 0.3) is 0 Å². The summed E-state index contributed by atoms with van der Waals surface area (Å²) >= 11 is 0. The molecule has 0 aliphatic carbocycles. The van der Waals surface area contributed by atoms with Gasteiger partial charge < -0.3 is 10.1 Å². The van der Waals surface area contributed by atoms with E-state index in [4.69, 9.17) is 4.74 Å². The Morgan fingerprint density at radius 2 is 2.29 bits per heavy atom. The zero-order chi connectivity index (χ0) is 14.9. The standard InChI is InChI=1S/C19H31NO/c1-3-11-20-15-18(9-10-19-8-5-12-21-19)14-17-7-4-6-16(2)13-17/h4,6-7,13,18-20H,3,5,8-12,14-15H2,1-2H3. The van der Waals surface area contributed by atoms with E-state index >= 15 is 0 Å². The molecule has 2 nitrogen and oxygen atoms in total. The van der Waals surface area contributed by atoms with Gasteiger partial charge in [-0.1, -0.05) is 36.8 Å². The van der Waals surface area contributed by atoms with Crippen LogP contribution in [-0.4, -0.2) is 25.8 Å². The highest BCUT2D eigenvalue weighted by atomic mass is 16.5. The van der Waals surface area contributed by atoms with Gasteiger partial charge in [-0.3, -0.25) is 0 Å². The van der Waals surface area contributed by atoms with Crippen LogP contribution in [0.5, 0.6) is 0 Å². The normalized spacial score (nSPS) is 19.8. The van der Waals surface area contributed by atoms with E-state index in [2.05, 4.69) is 43.4 Å². The van der Waals surface area contributed by atoms with Gasteiger partial charge in [-0.2, -0.15) is 0 Å². The molecule has 0 aromatic heterocycles. The van der Waals surface area contributed by atoms with E-state index in [0.717, 1.165) is 25.6 Å². The number of rotatable bonds is 9. The Labute approximate surface area is 130 Å². The van der Waals surface area contributed by atoms with Gasteiger partial charge in [-0.15, -0.1) is 0 Å². The van der Waals surface area contributed by atoms with Gasteiger partial charge in [0.25, 0.3) is 0 Å². The van der Waals surface area contributed by atoms with Crippen molar-refractivity contribution in [2.75, 3.05) is 19.7 Å². The van der Waals surface area contributed by atoms with Crippen LogP contribution in [0.1, 0.15) is 50.2 Å². The molecule has 0 bridgehead atoms. The van der Waals surface area contributed by atoms with Crippen LogP contribution in [0.4, 0.5) is 0 Å². The lowest BCUT2D eigenvalue weighted by Gasteiger charge is -2.20. The van der Waals surface area contributed by atoms with Crippen LogP contribution in [0.3, 0.4) is 0 Å². The van der Waals surface area contributed by atoms with Gasteiger partial charge in [-0.05, 0) is 70.0 Å². The van der Waals surface area contributed by atoms with E-state index in [1.54, 1.807) is 0 Å². The molecule has 1 fully saturated rings. The molecule has 0 radical (unpaired) electrons. The van der Waals surface area contributed by atoms with Crippen molar-refractivity contribution in [3.8, 4) is 0 Å². The first-order chi connectivity index (χ1) is 10.3. The molecule has 1 aromatic carbocycles. The summed E-state index contributed by atoms with van der Waals surface area (Å²) in [7, 11) is 0. The van der Waals surface area contributed by atoms with Crippen LogP contribution in [0.2, 0.25) is 0 Å². The van der Waals surface area contributed by atoms with Gasteiger partial charge >= 0.3 is 0 Å². The molecular formula is C19H31NO. The summed E-state index contributed by atoms with van der Waals surface area (Å²) in [5.74, 6) is 0.725. The lowest BCUT2D eigenvalue weighted by molar-refractivity contribution is 0.0979. The van der Waals surface area contributed by atoms with Gasteiger partial charge in [0.05, 0.1) is 6.10 Å². The minimum absolute atomic E-state index is 0.524. The van der Waals surface area contributed by atoms with E-state index < -0.39 is 0 Å². The van der Waals surface area contributed by atoms with Gasteiger partial charge in [0.2, 0.25) is 0 Å². The zero-order valence-electron chi connectivity index (χ0n) is 13.7. The molecule has 1 aliphatic rings. The first-order valence-corrected chi connectivity index (χ1v) is 8.65. The Balaban J connectivity index is 1.84.